The number of nitrogens with one attached hydrogen (secondary N) is 1. The zero-order valence-corrected chi connectivity index (χ0v) is 19.4. The van der Waals surface area contributed by atoms with E-state index in [-0.39, 0.29) is 18.0 Å². The van der Waals surface area contributed by atoms with Crippen LogP contribution in [0.5, 0.6) is 0 Å². The first kappa shape index (κ1) is 27.7. The van der Waals surface area contributed by atoms with E-state index in [0.29, 0.717) is 17.7 Å². The van der Waals surface area contributed by atoms with Crippen LogP contribution in [-0.2, 0) is 9.59 Å². The number of ketones is 1. The summed E-state index contributed by atoms with van der Waals surface area (Å²) in [7, 11) is 0. The summed E-state index contributed by atoms with van der Waals surface area (Å²) in [5, 5.41) is 0.771. The van der Waals surface area contributed by atoms with Crippen LogP contribution in [0.15, 0.2) is 35.3 Å². The van der Waals surface area contributed by atoms with Crippen LogP contribution in [0.3, 0.4) is 0 Å². The number of carbonyl (C=O) groups is 3. The maximum Gasteiger partial charge on any atom is 0.455 e. The Morgan fingerprint density at radius 2 is 1.64 bits per heavy atom. The average molecular weight is 562 g/mol. The van der Waals surface area contributed by atoms with Crippen molar-refractivity contribution in [3.05, 3.63) is 63.7 Å². The van der Waals surface area contributed by atoms with Crippen molar-refractivity contribution < 1.29 is 49.5 Å². The van der Waals surface area contributed by atoms with Gasteiger partial charge < -0.3 is 5.32 Å². The maximum atomic E-state index is 14.7. The van der Waals surface area contributed by atoms with E-state index >= 15 is 0 Å². The van der Waals surface area contributed by atoms with E-state index in [1.807, 2.05) is 0 Å². The molecule has 1 atom stereocenters. The summed E-state index contributed by atoms with van der Waals surface area (Å²) in [5.41, 5.74) is -4.11. The van der Waals surface area contributed by atoms with Crippen molar-refractivity contribution in [3.63, 3.8) is 0 Å². The van der Waals surface area contributed by atoms with Crippen LogP contribution >= 0.6 is 0 Å². The van der Waals surface area contributed by atoms with Crippen molar-refractivity contribution in [2.45, 2.75) is 31.5 Å². The maximum absolute atomic E-state index is 14.7. The van der Waals surface area contributed by atoms with Crippen molar-refractivity contribution in [1.82, 2.24) is 14.9 Å². The molecule has 16 heteroatoms. The molecule has 3 heterocycles. The summed E-state index contributed by atoms with van der Waals surface area (Å²) in [4.78, 5) is 54.4. The van der Waals surface area contributed by atoms with Gasteiger partial charge in [-0.05, 0) is 19.1 Å². The smallest absolute Gasteiger partial charge is 0.343 e. The molecule has 206 valence electrons. The number of alkyl halides is 5. The second kappa shape index (κ2) is 9.43. The zero-order valence-electron chi connectivity index (χ0n) is 19.4. The molecule has 3 aromatic rings. The lowest BCUT2D eigenvalue weighted by atomic mass is 10.1. The first-order valence-corrected chi connectivity index (χ1v) is 10.8. The first-order valence-electron chi connectivity index (χ1n) is 10.8. The van der Waals surface area contributed by atoms with Gasteiger partial charge in [0.05, 0.1) is 24.4 Å². The topological polar surface area (TPSA) is 101 Å². The lowest BCUT2D eigenvalue weighted by Crippen LogP contribution is -2.54. The molecule has 8 nitrogen and oxygen atoms in total. The molecule has 0 radical (unpaired) electrons. The minimum Gasteiger partial charge on any atom is -0.343 e. The zero-order chi connectivity index (χ0) is 29.0. The predicted molar refractivity (Wildman–Crippen MR) is 117 cm³/mol. The number of benzene rings is 1. The number of pyridine rings is 2. The fourth-order valence-electron chi connectivity index (χ4n) is 3.84. The van der Waals surface area contributed by atoms with E-state index < -0.39 is 93.9 Å². The molecule has 1 saturated heterocycles. The van der Waals surface area contributed by atoms with Gasteiger partial charge in [0.25, 0.3) is 5.91 Å². The van der Waals surface area contributed by atoms with Gasteiger partial charge >= 0.3 is 12.1 Å². The number of carbonyl (C=O) groups excluding carboxylic acids is 3. The molecule has 39 heavy (non-hydrogen) atoms. The molecule has 0 bridgehead atoms. The highest BCUT2D eigenvalue weighted by Gasteiger charge is 2.61. The van der Waals surface area contributed by atoms with Crippen LogP contribution in [0.2, 0.25) is 0 Å². The Balaban J connectivity index is 1.93. The van der Waals surface area contributed by atoms with Gasteiger partial charge in [-0.15, -0.1) is 0 Å². The molecule has 1 fully saturated rings. The highest BCUT2D eigenvalue weighted by Crippen LogP contribution is 2.38. The molecule has 2 aromatic heterocycles. The minimum atomic E-state index is -6.06. The van der Waals surface area contributed by atoms with Gasteiger partial charge in [0.15, 0.2) is 23.1 Å². The van der Waals surface area contributed by atoms with Crippen LogP contribution < -0.4 is 15.6 Å². The van der Waals surface area contributed by atoms with Crippen molar-refractivity contribution in [1.29, 1.82) is 0 Å². The largest absolute Gasteiger partial charge is 0.455 e. The molecule has 1 aliphatic heterocycles. The number of fused-ring (bicyclic) bond motifs is 1. The molecule has 1 aliphatic rings. The number of rotatable bonds is 5. The summed E-state index contributed by atoms with van der Waals surface area (Å²) < 4.78 is 109. The highest BCUT2D eigenvalue weighted by molar-refractivity contribution is 6.14. The lowest BCUT2D eigenvalue weighted by Gasteiger charge is -2.26. The number of hydrogen-bond acceptors (Lipinski definition) is 5. The predicted octanol–water partition coefficient (Wildman–Crippen LogP) is 3.42. The number of Topliss-reactive ketones (excluding diaryl/α,β-unsaturated/α-hetero) is 1. The van der Waals surface area contributed by atoms with Gasteiger partial charge in [-0.25, -0.2) is 18.2 Å². The Kier molecular flexibility index (Phi) is 6.69. The highest BCUT2D eigenvalue weighted by atomic mass is 19.4. The fourth-order valence-corrected chi connectivity index (χ4v) is 3.84. The summed E-state index contributed by atoms with van der Waals surface area (Å²) >= 11 is 0. The Labute approximate surface area is 211 Å². The van der Waals surface area contributed by atoms with Crippen LogP contribution in [0.25, 0.3) is 16.7 Å². The first-order chi connectivity index (χ1) is 18.0. The van der Waals surface area contributed by atoms with Gasteiger partial charge in [-0.2, -0.15) is 22.0 Å². The van der Waals surface area contributed by atoms with Crippen molar-refractivity contribution >= 4 is 34.4 Å². The van der Waals surface area contributed by atoms with Gasteiger partial charge in [-0.1, -0.05) is 0 Å². The summed E-state index contributed by atoms with van der Waals surface area (Å²) in [6.45, 7) is -0.0842. The Bertz CT molecular complexity index is 1580. The summed E-state index contributed by atoms with van der Waals surface area (Å²) in [6, 6.07) is -0.409. The molecule has 0 spiro atoms. The summed E-state index contributed by atoms with van der Waals surface area (Å²) in [5.74, 6) is -13.1. The van der Waals surface area contributed by atoms with Crippen molar-refractivity contribution in [3.8, 4) is 5.69 Å². The number of halogens is 8. The second-order valence-electron chi connectivity index (χ2n) is 8.51. The molecule has 1 N–H and O–H groups in total. The Hall–Kier alpha value is -4.37. The van der Waals surface area contributed by atoms with Crippen LogP contribution in [0.4, 0.5) is 40.9 Å². The monoisotopic (exact) mass is 562 g/mol. The number of hydrogen-bond donors (Lipinski definition) is 1. The van der Waals surface area contributed by atoms with Crippen LogP contribution in [-0.4, -0.2) is 51.8 Å². The van der Waals surface area contributed by atoms with E-state index in [0.717, 1.165) is 17.0 Å². The van der Waals surface area contributed by atoms with Gasteiger partial charge in [0.2, 0.25) is 11.3 Å². The lowest BCUT2D eigenvalue weighted by molar-refractivity contribution is -0.290. The van der Waals surface area contributed by atoms with E-state index in [2.05, 4.69) is 4.98 Å². The average Bonchev–Trinajstić information content (AvgIpc) is 3.16. The van der Waals surface area contributed by atoms with Crippen molar-refractivity contribution in [2.24, 2.45) is 0 Å². The molecular weight excluding hydrogens is 548 g/mol. The SMILES string of the molecule is CC(NC(=O)c1cn(-c2c(F)cc(F)cc2F)c2nc(N3CC(=O)CC3=O)ccc2c1=O)C(F)(F)C(F)(F)F. The molecule has 0 saturated carbocycles. The molecule has 4 rings (SSSR count). The quantitative estimate of drug-likeness (QED) is 0.380. The number of anilines is 1. The van der Waals surface area contributed by atoms with Gasteiger partial charge in [0.1, 0.15) is 22.9 Å². The fraction of sp³-hybridized carbons (Fsp3) is 0.261. The van der Waals surface area contributed by atoms with E-state index in [1.165, 1.54) is 5.32 Å². The van der Waals surface area contributed by atoms with Gasteiger partial charge in [-0.3, -0.25) is 28.6 Å². The van der Waals surface area contributed by atoms with E-state index in [4.69, 9.17) is 0 Å². The molecule has 1 aromatic carbocycles. The third kappa shape index (κ3) is 4.81. The Morgan fingerprint density at radius 1 is 1.03 bits per heavy atom. The molecule has 0 aliphatic carbocycles. The number of nitrogens with zero attached hydrogens (tertiary/aromatic N) is 3. The van der Waals surface area contributed by atoms with Crippen LogP contribution in [0, 0.1) is 17.5 Å². The van der Waals surface area contributed by atoms with Gasteiger partial charge in [0, 0.05) is 18.3 Å². The van der Waals surface area contributed by atoms with E-state index in [9.17, 15) is 54.3 Å². The minimum absolute atomic E-state index is 0.237. The molecule has 2 amide bonds. The molecular formula is C23H14F8N4O4. The van der Waals surface area contributed by atoms with Crippen LogP contribution in [0.1, 0.15) is 23.7 Å². The summed E-state index contributed by atoms with van der Waals surface area (Å²) in [6.07, 6.45) is -6.10. The normalized spacial score (nSPS) is 15.3. The standard InChI is InChI=1S/C23H14F8N4O4/c1-9(22(27,28)23(29,30)31)32-21(39)13-8-35(18-14(25)4-10(24)5-15(18)26)20-12(19(13)38)2-3-16(33-20)34-7-11(36)6-17(34)37/h2-5,8-9H,6-7H2,1H3,(H,32,39). The molecule has 1 unspecified atom stereocenters. The number of aromatic nitrogens is 2. The second-order valence-corrected chi connectivity index (χ2v) is 8.51. The van der Waals surface area contributed by atoms with E-state index in [1.54, 1.807) is 0 Å². The number of amides is 2. The van der Waals surface area contributed by atoms with Crippen molar-refractivity contribution in [2.75, 3.05) is 11.4 Å². The third-order valence-electron chi connectivity index (χ3n) is 5.83. The Morgan fingerprint density at radius 3 is 2.18 bits per heavy atom. The third-order valence-corrected chi connectivity index (χ3v) is 5.83.